The number of ether oxygens (including phenoxy) is 1. The lowest BCUT2D eigenvalue weighted by atomic mass is 10.2. The smallest absolute Gasteiger partial charge is 0.250 e. The maximum Gasteiger partial charge on any atom is 0.250 e. The summed E-state index contributed by atoms with van der Waals surface area (Å²) in [5, 5.41) is 3.17. The predicted molar refractivity (Wildman–Crippen MR) is 77.1 cm³/mol. The quantitative estimate of drug-likeness (QED) is 0.816. The second-order valence-electron chi connectivity index (χ2n) is 3.96. The Morgan fingerprint density at radius 1 is 1.56 bits per heavy atom. The average molecular weight is 287 g/mol. The van der Waals surface area contributed by atoms with E-state index in [1.807, 2.05) is 13.8 Å². The number of nitrogens with one attached hydrogen (secondary N) is 1. The fourth-order valence-corrected chi connectivity index (χ4v) is 1.61. The molecule has 0 aromatic heterocycles. The molecule has 0 aliphatic carbocycles. The molecule has 0 unspecified atom stereocenters. The van der Waals surface area contributed by atoms with Crippen LogP contribution >= 0.6 is 23.8 Å². The minimum absolute atomic E-state index is 0.00911. The van der Waals surface area contributed by atoms with Gasteiger partial charge in [-0.05, 0) is 32.0 Å². The van der Waals surface area contributed by atoms with Crippen LogP contribution in [-0.4, -0.2) is 23.6 Å². The van der Waals surface area contributed by atoms with E-state index in [1.165, 1.54) is 0 Å². The number of thiocarbonyl (C=S) groups is 1. The van der Waals surface area contributed by atoms with Gasteiger partial charge in [-0.2, -0.15) is 0 Å². The Kier molecular flexibility index (Phi) is 5.53. The van der Waals surface area contributed by atoms with Gasteiger partial charge in [-0.15, -0.1) is 0 Å². The zero-order valence-electron chi connectivity index (χ0n) is 10.2. The summed E-state index contributed by atoms with van der Waals surface area (Å²) in [5.74, 6) is -0.275. The van der Waals surface area contributed by atoms with Gasteiger partial charge in [0.25, 0.3) is 0 Å². The maximum absolute atomic E-state index is 11.6. The molecule has 0 fully saturated rings. The number of carbonyl (C=O) groups excluding carboxylic acids is 1. The molecule has 1 amide bonds. The first kappa shape index (κ1) is 14.9. The molecule has 1 aromatic carbocycles. The maximum atomic E-state index is 11.6. The van der Waals surface area contributed by atoms with Crippen molar-refractivity contribution in [2.45, 2.75) is 20.0 Å². The second kappa shape index (κ2) is 6.68. The summed E-state index contributed by atoms with van der Waals surface area (Å²) in [7, 11) is 0. The number of rotatable bonds is 5. The fourth-order valence-electron chi connectivity index (χ4n) is 1.26. The molecule has 0 spiro atoms. The second-order valence-corrected chi connectivity index (χ2v) is 4.84. The molecular weight excluding hydrogens is 272 g/mol. The monoisotopic (exact) mass is 286 g/mol. The van der Waals surface area contributed by atoms with Crippen LogP contribution in [0.1, 0.15) is 19.4 Å². The van der Waals surface area contributed by atoms with Crippen molar-refractivity contribution in [3.8, 4) is 0 Å². The van der Waals surface area contributed by atoms with Crippen molar-refractivity contribution in [3.05, 3.63) is 28.8 Å². The van der Waals surface area contributed by atoms with Gasteiger partial charge in [0.2, 0.25) is 5.91 Å². The number of nitrogens with two attached hydrogens (primary N) is 1. The van der Waals surface area contributed by atoms with E-state index in [1.54, 1.807) is 18.2 Å². The molecular formula is C12H15ClN2O2S. The van der Waals surface area contributed by atoms with E-state index in [9.17, 15) is 4.79 Å². The third-order valence-electron chi connectivity index (χ3n) is 2.07. The van der Waals surface area contributed by atoms with E-state index < -0.39 is 0 Å². The predicted octanol–water partition coefficient (Wildman–Crippen LogP) is 2.34. The van der Waals surface area contributed by atoms with Gasteiger partial charge in [0, 0.05) is 10.6 Å². The number of amides is 1. The summed E-state index contributed by atoms with van der Waals surface area (Å²) in [6.07, 6.45) is -0.00911. The number of hydrogen-bond donors (Lipinski definition) is 2. The van der Waals surface area contributed by atoms with Gasteiger partial charge in [-0.1, -0.05) is 23.8 Å². The van der Waals surface area contributed by atoms with Gasteiger partial charge in [0.1, 0.15) is 11.6 Å². The Morgan fingerprint density at radius 2 is 2.22 bits per heavy atom. The highest BCUT2D eigenvalue weighted by Crippen LogP contribution is 2.21. The highest BCUT2D eigenvalue weighted by Gasteiger charge is 2.10. The SMILES string of the molecule is CC(C)OCC(=O)Nc1cc(Cl)ccc1C(N)=S. The van der Waals surface area contributed by atoms with Crippen molar-refractivity contribution < 1.29 is 9.53 Å². The Hall–Kier alpha value is -1.17. The number of benzene rings is 1. The summed E-state index contributed by atoms with van der Waals surface area (Å²) in [6.45, 7) is 3.68. The van der Waals surface area contributed by atoms with Crippen LogP contribution in [0, 0.1) is 0 Å². The van der Waals surface area contributed by atoms with Crippen LogP contribution in [0.25, 0.3) is 0 Å². The fraction of sp³-hybridized carbons (Fsp3) is 0.333. The summed E-state index contributed by atoms with van der Waals surface area (Å²) in [4.78, 5) is 11.8. The van der Waals surface area contributed by atoms with Crippen LogP contribution in [0.2, 0.25) is 5.02 Å². The molecule has 1 rings (SSSR count). The standard InChI is InChI=1S/C12H15ClN2O2S/c1-7(2)17-6-11(16)15-10-5-8(13)3-4-9(10)12(14)18/h3-5,7H,6H2,1-2H3,(H2,14,18)(H,15,16). The van der Waals surface area contributed by atoms with Crippen LogP contribution in [0.15, 0.2) is 18.2 Å². The summed E-state index contributed by atoms with van der Waals surface area (Å²) in [5.41, 5.74) is 6.64. The molecule has 0 radical (unpaired) electrons. The first-order chi connectivity index (χ1) is 8.40. The van der Waals surface area contributed by atoms with Crippen LogP contribution < -0.4 is 11.1 Å². The van der Waals surface area contributed by atoms with Gasteiger partial charge >= 0.3 is 0 Å². The van der Waals surface area contributed by atoms with Crippen LogP contribution in [-0.2, 0) is 9.53 Å². The van der Waals surface area contributed by atoms with Gasteiger partial charge in [-0.3, -0.25) is 4.79 Å². The summed E-state index contributed by atoms with van der Waals surface area (Å²) in [6, 6.07) is 4.93. The van der Waals surface area contributed by atoms with E-state index >= 15 is 0 Å². The Bertz CT molecular complexity index is 463. The van der Waals surface area contributed by atoms with Gasteiger partial charge in [-0.25, -0.2) is 0 Å². The van der Waals surface area contributed by atoms with Crippen molar-refractivity contribution in [3.63, 3.8) is 0 Å². The highest BCUT2D eigenvalue weighted by atomic mass is 35.5. The third kappa shape index (κ3) is 4.60. The third-order valence-corrected chi connectivity index (χ3v) is 2.52. The largest absolute Gasteiger partial charge is 0.389 e. The number of hydrogen-bond acceptors (Lipinski definition) is 3. The molecule has 0 bridgehead atoms. The van der Waals surface area contributed by atoms with Crippen molar-refractivity contribution in [1.82, 2.24) is 0 Å². The van der Waals surface area contributed by atoms with E-state index in [-0.39, 0.29) is 23.6 Å². The van der Waals surface area contributed by atoms with Crippen molar-refractivity contribution in [2.24, 2.45) is 5.73 Å². The van der Waals surface area contributed by atoms with Crippen LogP contribution in [0.3, 0.4) is 0 Å². The van der Waals surface area contributed by atoms with E-state index in [0.29, 0.717) is 16.3 Å². The molecule has 0 aliphatic heterocycles. The van der Waals surface area contributed by atoms with Crippen molar-refractivity contribution in [2.75, 3.05) is 11.9 Å². The zero-order chi connectivity index (χ0) is 13.7. The molecule has 0 saturated carbocycles. The minimum Gasteiger partial charge on any atom is -0.389 e. The van der Waals surface area contributed by atoms with Crippen LogP contribution in [0.4, 0.5) is 5.69 Å². The number of carbonyl (C=O) groups is 1. The molecule has 98 valence electrons. The topological polar surface area (TPSA) is 64.3 Å². The first-order valence-electron chi connectivity index (χ1n) is 5.41. The lowest BCUT2D eigenvalue weighted by Gasteiger charge is -2.12. The summed E-state index contributed by atoms with van der Waals surface area (Å²) < 4.78 is 5.20. The van der Waals surface area contributed by atoms with E-state index in [4.69, 9.17) is 34.3 Å². The number of halogens is 1. The van der Waals surface area contributed by atoms with E-state index in [2.05, 4.69) is 5.32 Å². The molecule has 0 heterocycles. The van der Waals surface area contributed by atoms with Gasteiger partial charge in [0.15, 0.2) is 0 Å². The van der Waals surface area contributed by atoms with Crippen molar-refractivity contribution >= 4 is 40.4 Å². The van der Waals surface area contributed by atoms with E-state index in [0.717, 1.165) is 0 Å². The normalized spacial score (nSPS) is 10.4. The first-order valence-corrected chi connectivity index (χ1v) is 6.19. The molecule has 1 aromatic rings. The Morgan fingerprint density at radius 3 is 2.78 bits per heavy atom. The zero-order valence-corrected chi connectivity index (χ0v) is 11.8. The molecule has 0 aliphatic rings. The molecule has 4 nitrogen and oxygen atoms in total. The minimum atomic E-state index is -0.275. The van der Waals surface area contributed by atoms with Crippen molar-refractivity contribution in [1.29, 1.82) is 0 Å². The van der Waals surface area contributed by atoms with Crippen LogP contribution in [0.5, 0.6) is 0 Å². The molecule has 6 heteroatoms. The molecule has 18 heavy (non-hydrogen) atoms. The summed E-state index contributed by atoms with van der Waals surface area (Å²) >= 11 is 10.8. The Labute approximate surface area is 116 Å². The van der Waals surface area contributed by atoms with Gasteiger partial charge in [0.05, 0.1) is 11.8 Å². The molecule has 0 atom stereocenters. The lowest BCUT2D eigenvalue weighted by molar-refractivity contribution is -0.121. The van der Waals surface area contributed by atoms with Gasteiger partial charge < -0.3 is 15.8 Å². The molecule has 3 N–H and O–H groups in total. The lowest BCUT2D eigenvalue weighted by Crippen LogP contribution is -2.22. The highest BCUT2D eigenvalue weighted by molar-refractivity contribution is 7.80. The number of anilines is 1. The Balaban J connectivity index is 2.79. The average Bonchev–Trinajstić information content (AvgIpc) is 2.26. The molecule has 0 saturated heterocycles.